The maximum atomic E-state index is 12.8. The highest BCUT2D eigenvalue weighted by atomic mass is 32.2. The van der Waals surface area contributed by atoms with Crippen LogP contribution in [0.3, 0.4) is 0 Å². The summed E-state index contributed by atoms with van der Waals surface area (Å²) in [5, 5.41) is 2.77. The lowest BCUT2D eigenvalue weighted by molar-refractivity contribution is -0.116. The summed E-state index contributed by atoms with van der Waals surface area (Å²) in [5.41, 5.74) is 2.65. The molecule has 0 aliphatic carbocycles. The van der Waals surface area contributed by atoms with Gasteiger partial charge < -0.3 is 5.32 Å². The van der Waals surface area contributed by atoms with Gasteiger partial charge in [-0.15, -0.1) is 0 Å². The third-order valence-electron chi connectivity index (χ3n) is 4.60. The van der Waals surface area contributed by atoms with Crippen molar-refractivity contribution in [3.05, 3.63) is 57.7 Å². The Labute approximate surface area is 173 Å². The smallest absolute Gasteiger partial charge is 0.308 e. The molecular formula is C20H23N3O4S2. The summed E-state index contributed by atoms with van der Waals surface area (Å²) in [6, 6.07) is 11.3. The number of aryl methyl sites for hydroxylation is 2. The van der Waals surface area contributed by atoms with Gasteiger partial charge in [0.1, 0.15) is 6.04 Å². The first-order chi connectivity index (χ1) is 13.6. The van der Waals surface area contributed by atoms with E-state index in [1.54, 1.807) is 47.9 Å². The van der Waals surface area contributed by atoms with E-state index in [1.807, 2.05) is 19.9 Å². The molecule has 3 rings (SSSR count). The Morgan fingerprint density at radius 1 is 1.24 bits per heavy atom. The highest BCUT2D eigenvalue weighted by Crippen LogP contribution is 2.25. The minimum Gasteiger partial charge on any atom is -0.324 e. The van der Waals surface area contributed by atoms with E-state index in [2.05, 4.69) is 5.32 Å². The van der Waals surface area contributed by atoms with E-state index in [0.29, 0.717) is 17.9 Å². The van der Waals surface area contributed by atoms with E-state index >= 15 is 0 Å². The van der Waals surface area contributed by atoms with Crippen LogP contribution in [0.5, 0.6) is 0 Å². The van der Waals surface area contributed by atoms with Crippen LogP contribution in [0.2, 0.25) is 0 Å². The molecule has 0 saturated heterocycles. The van der Waals surface area contributed by atoms with Gasteiger partial charge >= 0.3 is 4.87 Å². The van der Waals surface area contributed by atoms with E-state index in [-0.39, 0.29) is 4.87 Å². The van der Waals surface area contributed by atoms with Crippen LogP contribution in [0, 0.1) is 6.92 Å². The standard InChI is InChI=1S/C20H23N3O4S2/c1-5-22-17-10-9-15(12-18(17)28-20(22)25)21-19(24)14(3)23(29(4,26)27)16-8-6-7-13(2)11-16/h6-12,14H,5H2,1-4H3,(H,21,24)/t14-/m1/s1. The minimum absolute atomic E-state index is 0.0537. The molecule has 0 unspecified atom stereocenters. The molecule has 1 amide bonds. The lowest BCUT2D eigenvalue weighted by Gasteiger charge is -2.28. The number of benzene rings is 2. The highest BCUT2D eigenvalue weighted by molar-refractivity contribution is 7.92. The molecule has 2 aromatic carbocycles. The molecule has 1 atom stereocenters. The molecule has 0 radical (unpaired) electrons. The van der Waals surface area contributed by atoms with Crippen molar-refractivity contribution >= 4 is 48.9 Å². The van der Waals surface area contributed by atoms with Gasteiger partial charge in [-0.2, -0.15) is 0 Å². The molecule has 1 aromatic heterocycles. The lowest BCUT2D eigenvalue weighted by atomic mass is 10.2. The number of anilines is 2. The molecule has 154 valence electrons. The van der Waals surface area contributed by atoms with Gasteiger partial charge in [-0.05, 0) is 56.7 Å². The number of amides is 1. The summed E-state index contributed by atoms with van der Waals surface area (Å²) in [7, 11) is -3.68. The molecule has 3 aromatic rings. The fourth-order valence-corrected chi connectivity index (χ4v) is 5.43. The van der Waals surface area contributed by atoms with Crippen LogP contribution >= 0.6 is 11.3 Å². The fourth-order valence-electron chi connectivity index (χ4n) is 3.26. The topological polar surface area (TPSA) is 88.5 Å². The van der Waals surface area contributed by atoms with Crippen molar-refractivity contribution in [1.29, 1.82) is 0 Å². The monoisotopic (exact) mass is 433 g/mol. The van der Waals surface area contributed by atoms with Crippen LogP contribution < -0.4 is 14.5 Å². The maximum absolute atomic E-state index is 12.8. The number of aromatic nitrogens is 1. The van der Waals surface area contributed by atoms with Crippen LogP contribution in [0.25, 0.3) is 10.2 Å². The number of hydrogen-bond donors (Lipinski definition) is 1. The fraction of sp³-hybridized carbons (Fsp3) is 0.300. The number of nitrogens with one attached hydrogen (secondary N) is 1. The van der Waals surface area contributed by atoms with Crippen LogP contribution in [-0.2, 0) is 21.4 Å². The average molecular weight is 434 g/mol. The molecule has 7 nitrogen and oxygen atoms in total. The van der Waals surface area contributed by atoms with Crippen LogP contribution in [-0.4, -0.2) is 31.2 Å². The van der Waals surface area contributed by atoms with Crippen molar-refractivity contribution in [1.82, 2.24) is 4.57 Å². The van der Waals surface area contributed by atoms with E-state index in [4.69, 9.17) is 0 Å². The van der Waals surface area contributed by atoms with Crippen molar-refractivity contribution in [3.8, 4) is 0 Å². The first-order valence-corrected chi connectivity index (χ1v) is 11.8. The zero-order valence-corrected chi connectivity index (χ0v) is 18.3. The normalized spacial score (nSPS) is 12.7. The van der Waals surface area contributed by atoms with Crippen LogP contribution in [0.1, 0.15) is 19.4 Å². The number of thiazole rings is 1. The summed E-state index contributed by atoms with van der Waals surface area (Å²) >= 11 is 1.11. The van der Waals surface area contributed by atoms with Gasteiger partial charge in [-0.1, -0.05) is 23.5 Å². The minimum atomic E-state index is -3.68. The zero-order valence-electron chi connectivity index (χ0n) is 16.7. The Kier molecular flexibility index (Phi) is 5.81. The third kappa shape index (κ3) is 4.35. The first-order valence-electron chi connectivity index (χ1n) is 9.12. The largest absolute Gasteiger partial charge is 0.324 e. The molecular weight excluding hydrogens is 410 g/mol. The zero-order chi connectivity index (χ0) is 21.3. The van der Waals surface area contributed by atoms with E-state index in [0.717, 1.165) is 37.7 Å². The van der Waals surface area contributed by atoms with Gasteiger partial charge in [-0.25, -0.2) is 8.42 Å². The molecule has 0 bridgehead atoms. The number of carbonyl (C=O) groups excluding carboxylic acids is 1. The quantitative estimate of drug-likeness (QED) is 0.647. The molecule has 0 aliphatic heterocycles. The molecule has 9 heteroatoms. The molecule has 0 spiro atoms. The molecule has 1 N–H and O–H groups in total. The first kappa shape index (κ1) is 21.1. The van der Waals surface area contributed by atoms with Gasteiger partial charge in [-0.3, -0.25) is 18.5 Å². The van der Waals surface area contributed by atoms with Gasteiger partial charge in [0.2, 0.25) is 15.9 Å². The van der Waals surface area contributed by atoms with Crippen molar-refractivity contribution in [2.75, 3.05) is 15.9 Å². The summed E-state index contributed by atoms with van der Waals surface area (Å²) in [4.78, 5) is 24.8. The van der Waals surface area contributed by atoms with E-state index in [9.17, 15) is 18.0 Å². The summed E-state index contributed by atoms with van der Waals surface area (Å²) in [5.74, 6) is -0.460. The Morgan fingerprint density at radius 3 is 2.59 bits per heavy atom. The second-order valence-corrected chi connectivity index (χ2v) is 9.71. The summed E-state index contributed by atoms with van der Waals surface area (Å²) in [6.07, 6.45) is 1.08. The van der Waals surface area contributed by atoms with Gasteiger partial charge in [0.25, 0.3) is 0 Å². The Hall–Kier alpha value is -2.65. The van der Waals surface area contributed by atoms with Gasteiger partial charge in [0.05, 0.1) is 22.2 Å². The number of hydrogen-bond acceptors (Lipinski definition) is 5. The van der Waals surface area contributed by atoms with Crippen molar-refractivity contribution < 1.29 is 13.2 Å². The van der Waals surface area contributed by atoms with E-state index < -0.39 is 22.0 Å². The van der Waals surface area contributed by atoms with Crippen molar-refractivity contribution in [2.24, 2.45) is 0 Å². The van der Waals surface area contributed by atoms with Crippen molar-refractivity contribution in [3.63, 3.8) is 0 Å². The van der Waals surface area contributed by atoms with Crippen LogP contribution in [0.4, 0.5) is 11.4 Å². The Bertz CT molecular complexity index is 1230. The number of fused-ring (bicyclic) bond motifs is 1. The van der Waals surface area contributed by atoms with Crippen LogP contribution in [0.15, 0.2) is 47.3 Å². The molecule has 29 heavy (non-hydrogen) atoms. The summed E-state index contributed by atoms with van der Waals surface area (Å²) < 4.78 is 28.3. The molecule has 1 heterocycles. The Balaban J connectivity index is 1.90. The lowest BCUT2D eigenvalue weighted by Crippen LogP contribution is -2.45. The second kappa shape index (κ2) is 8.00. The molecule has 0 saturated carbocycles. The number of carbonyl (C=O) groups is 1. The van der Waals surface area contributed by atoms with Gasteiger partial charge in [0, 0.05) is 12.2 Å². The van der Waals surface area contributed by atoms with E-state index in [1.165, 1.54) is 0 Å². The average Bonchev–Trinajstić information content (AvgIpc) is 2.94. The number of rotatable bonds is 6. The highest BCUT2D eigenvalue weighted by Gasteiger charge is 2.29. The predicted octanol–water partition coefficient (Wildman–Crippen LogP) is 3.18. The van der Waals surface area contributed by atoms with Gasteiger partial charge in [0.15, 0.2) is 0 Å². The van der Waals surface area contributed by atoms with Crippen molar-refractivity contribution in [2.45, 2.75) is 33.4 Å². The maximum Gasteiger partial charge on any atom is 0.308 e. The number of nitrogens with zero attached hydrogens (tertiary/aromatic N) is 2. The summed E-state index contributed by atoms with van der Waals surface area (Å²) in [6.45, 7) is 5.87. The molecule has 0 fully saturated rings. The number of sulfonamides is 1. The molecule has 0 aliphatic rings. The SMILES string of the molecule is CCn1c(=O)sc2cc(NC(=O)[C@@H](C)N(c3cccc(C)c3)S(C)(=O)=O)ccc21. The predicted molar refractivity (Wildman–Crippen MR) is 118 cm³/mol. The Morgan fingerprint density at radius 2 is 1.97 bits per heavy atom. The second-order valence-electron chi connectivity index (χ2n) is 6.86. The third-order valence-corrected chi connectivity index (χ3v) is 6.78.